The fourth-order valence-electron chi connectivity index (χ4n) is 1.79. The highest BCUT2D eigenvalue weighted by atomic mass is 16.3. The van der Waals surface area contributed by atoms with Crippen molar-refractivity contribution in [2.24, 2.45) is 37.0 Å². The maximum atomic E-state index is 8.93. The first kappa shape index (κ1) is 21.4. The zero-order valence-corrected chi connectivity index (χ0v) is 15.5. The van der Waals surface area contributed by atoms with E-state index in [1.807, 2.05) is 0 Å². The molecular weight excluding hydrogens is 374 g/mol. The molecule has 150 valence electrons. The number of pyridine rings is 2. The van der Waals surface area contributed by atoms with Crippen LogP contribution < -0.4 is 16.9 Å². The van der Waals surface area contributed by atoms with Crippen LogP contribution in [-0.4, -0.2) is 51.6 Å². The van der Waals surface area contributed by atoms with Gasteiger partial charge in [0.15, 0.2) is 11.7 Å². The Morgan fingerprint density at radius 3 is 2.31 bits per heavy atom. The van der Waals surface area contributed by atoms with E-state index in [-0.39, 0.29) is 42.9 Å². The molecule has 0 saturated heterocycles. The molecule has 2 heterocycles. The van der Waals surface area contributed by atoms with Crippen molar-refractivity contribution >= 4 is 23.3 Å². The molecule has 0 aliphatic rings. The molecule has 2 rings (SSSR count). The van der Waals surface area contributed by atoms with Crippen molar-refractivity contribution in [3.63, 3.8) is 0 Å². The van der Waals surface area contributed by atoms with Crippen LogP contribution in [0, 0.1) is 5.41 Å². The largest absolute Gasteiger partial charge is 0.396 e. The molecule has 12 nitrogen and oxygen atoms in total. The van der Waals surface area contributed by atoms with Crippen LogP contribution in [0.15, 0.2) is 74.3 Å². The van der Waals surface area contributed by atoms with Gasteiger partial charge in [0.2, 0.25) is 5.84 Å². The highest BCUT2D eigenvalue weighted by molar-refractivity contribution is 6.01. The monoisotopic (exact) mass is 395 g/mol. The van der Waals surface area contributed by atoms with Gasteiger partial charge < -0.3 is 16.6 Å². The second-order valence-electron chi connectivity index (χ2n) is 5.34. The molecule has 0 spiro atoms. The minimum absolute atomic E-state index is 0.0636. The highest BCUT2D eigenvalue weighted by Gasteiger charge is 2.08. The van der Waals surface area contributed by atoms with E-state index in [4.69, 9.17) is 22.0 Å². The number of amidine groups is 4. The van der Waals surface area contributed by atoms with Gasteiger partial charge in [-0.2, -0.15) is 0 Å². The van der Waals surface area contributed by atoms with Crippen molar-refractivity contribution in [1.29, 1.82) is 5.41 Å². The zero-order chi connectivity index (χ0) is 20.9. The third-order valence-electron chi connectivity index (χ3n) is 3.17. The average molecular weight is 395 g/mol. The van der Waals surface area contributed by atoms with Gasteiger partial charge in [-0.25, -0.2) is 0 Å². The summed E-state index contributed by atoms with van der Waals surface area (Å²) in [7, 11) is 0. The smallest absolute Gasteiger partial charge is 0.219 e. The van der Waals surface area contributed by atoms with Gasteiger partial charge in [0, 0.05) is 18.8 Å². The molecule has 0 bridgehead atoms. The van der Waals surface area contributed by atoms with Crippen LogP contribution >= 0.6 is 0 Å². The molecule has 0 aromatic carbocycles. The lowest BCUT2D eigenvalue weighted by Gasteiger charge is -2.05. The van der Waals surface area contributed by atoms with E-state index in [0.717, 1.165) is 0 Å². The zero-order valence-electron chi connectivity index (χ0n) is 15.5. The van der Waals surface area contributed by atoms with Crippen molar-refractivity contribution in [1.82, 2.24) is 15.4 Å². The third-order valence-corrected chi connectivity index (χ3v) is 3.17. The van der Waals surface area contributed by atoms with Gasteiger partial charge in [-0.1, -0.05) is 12.1 Å². The van der Waals surface area contributed by atoms with Gasteiger partial charge >= 0.3 is 0 Å². The Bertz CT molecular complexity index is 907. The molecule has 0 atom stereocenters. The Morgan fingerprint density at radius 1 is 1.03 bits per heavy atom. The summed E-state index contributed by atoms with van der Waals surface area (Å²) in [6.45, 7) is -0.210. The summed E-state index contributed by atoms with van der Waals surface area (Å²) in [5, 5.41) is 36.2. The number of aliphatic hydroxyl groups is 1. The molecule has 0 amide bonds. The minimum Gasteiger partial charge on any atom is -0.396 e. The molecule has 0 saturated carbocycles. The average Bonchev–Trinajstić information content (AvgIpc) is 2.76. The van der Waals surface area contributed by atoms with E-state index >= 15 is 0 Å². The third kappa shape index (κ3) is 7.32. The summed E-state index contributed by atoms with van der Waals surface area (Å²) in [6, 6.07) is 10.4. The van der Waals surface area contributed by atoms with Crippen molar-refractivity contribution in [3.8, 4) is 0 Å². The van der Waals surface area contributed by atoms with E-state index in [0.29, 0.717) is 11.4 Å². The quantitative estimate of drug-likeness (QED) is 0.192. The predicted octanol–water partition coefficient (Wildman–Crippen LogP) is 0.217. The summed E-state index contributed by atoms with van der Waals surface area (Å²) in [5.74, 6) is 0.310. The molecule has 0 aliphatic carbocycles. The molecule has 12 heteroatoms. The van der Waals surface area contributed by atoms with Crippen molar-refractivity contribution in [2.45, 2.75) is 6.42 Å². The topological polar surface area (TPSA) is 196 Å². The van der Waals surface area contributed by atoms with E-state index in [9.17, 15) is 0 Å². The van der Waals surface area contributed by atoms with Gasteiger partial charge in [-0.05, 0) is 24.3 Å². The Morgan fingerprint density at radius 2 is 1.72 bits per heavy atom. The van der Waals surface area contributed by atoms with Crippen LogP contribution in [0.5, 0.6) is 0 Å². The maximum absolute atomic E-state index is 8.93. The van der Waals surface area contributed by atoms with Gasteiger partial charge in [0.05, 0.1) is 13.2 Å². The van der Waals surface area contributed by atoms with Crippen LogP contribution in [0.25, 0.3) is 0 Å². The Balaban J connectivity index is 2.38. The number of nitrogens with one attached hydrogen (secondary N) is 2. The first-order valence-electron chi connectivity index (χ1n) is 8.50. The fourth-order valence-corrected chi connectivity index (χ4v) is 1.79. The standard InChI is InChI=1S/C17H21N11O/c18-11-15(20)24-26-17(13-6-2-4-9-22-13)28-27-16(12-5-1-3-8-21-12)25-23-14(19)7-10-29/h1-6,8-9,20,29H,7,10-11,18H2,(H2,19,23)(H,25,27)/b20-15?,26-24-,28-17+. The first-order chi connectivity index (χ1) is 14.1. The van der Waals surface area contributed by atoms with E-state index in [1.54, 1.807) is 48.8 Å². The van der Waals surface area contributed by atoms with Gasteiger partial charge in [-0.15, -0.1) is 25.5 Å². The molecule has 7 N–H and O–H groups in total. The predicted molar refractivity (Wildman–Crippen MR) is 110 cm³/mol. The Labute approximate surface area is 166 Å². The molecular formula is C17H21N11O. The summed E-state index contributed by atoms with van der Waals surface area (Å²) in [6.07, 6.45) is 3.33. The van der Waals surface area contributed by atoms with Gasteiger partial charge in [-0.3, -0.25) is 20.8 Å². The molecule has 0 aliphatic heterocycles. The lowest BCUT2D eigenvalue weighted by molar-refractivity contribution is 0.306. The van der Waals surface area contributed by atoms with Crippen LogP contribution in [0.4, 0.5) is 0 Å². The summed E-state index contributed by atoms with van der Waals surface area (Å²) in [5.41, 5.74) is 14.6. The van der Waals surface area contributed by atoms with Crippen LogP contribution in [0.2, 0.25) is 0 Å². The maximum Gasteiger partial charge on any atom is 0.219 e. The molecule has 0 unspecified atom stereocenters. The molecule has 2 aromatic rings. The number of aliphatic hydroxyl groups excluding tert-OH is 1. The van der Waals surface area contributed by atoms with Crippen molar-refractivity contribution in [3.05, 3.63) is 60.2 Å². The SMILES string of the molecule is N=C(CN)/N=N\C(=N\N/C(=N\N=C(/N)CCO)c1ccccn1)c1ccccn1. The number of hydrogen-bond acceptors (Lipinski definition) is 8. The van der Waals surface area contributed by atoms with Gasteiger partial charge in [0.25, 0.3) is 0 Å². The van der Waals surface area contributed by atoms with Crippen molar-refractivity contribution < 1.29 is 5.11 Å². The second-order valence-corrected chi connectivity index (χ2v) is 5.34. The second kappa shape index (κ2) is 11.7. The normalized spacial score (nSPS) is 13.0. The van der Waals surface area contributed by atoms with Gasteiger partial charge in [0.1, 0.15) is 17.2 Å². The number of rotatable bonds is 7. The number of hydrazone groups is 1. The number of azo groups is 1. The van der Waals surface area contributed by atoms with Crippen molar-refractivity contribution in [2.75, 3.05) is 13.2 Å². The molecule has 0 fully saturated rings. The molecule has 2 aromatic heterocycles. The summed E-state index contributed by atoms with van der Waals surface area (Å²) < 4.78 is 0. The van der Waals surface area contributed by atoms with Crippen LogP contribution in [0.1, 0.15) is 17.8 Å². The lowest BCUT2D eigenvalue weighted by atomic mass is 10.3. The van der Waals surface area contributed by atoms with E-state index in [1.165, 1.54) is 0 Å². The first-order valence-corrected chi connectivity index (χ1v) is 8.50. The minimum atomic E-state index is -0.146. The Hall–Kier alpha value is -3.90. The molecule has 29 heavy (non-hydrogen) atoms. The molecule has 0 radical (unpaired) electrons. The highest BCUT2D eigenvalue weighted by Crippen LogP contribution is 2.01. The van der Waals surface area contributed by atoms with E-state index in [2.05, 4.69) is 40.9 Å². The lowest BCUT2D eigenvalue weighted by Crippen LogP contribution is -2.23. The van der Waals surface area contributed by atoms with Crippen LogP contribution in [-0.2, 0) is 0 Å². The Kier molecular flexibility index (Phi) is 8.66. The number of aromatic nitrogens is 2. The number of hydrogen-bond donors (Lipinski definition) is 5. The summed E-state index contributed by atoms with van der Waals surface area (Å²) in [4.78, 5) is 8.37. The van der Waals surface area contributed by atoms with E-state index < -0.39 is 0 Å². The fraction of sp³-hybridized carbons (Fsp3) is 0.176. The number of nitrogens with zero attached hydrogens (tertiary/aromatic N) is 7. The van der Waals surface area contributed by atoms with Crippen LogP contribution in [0.3, 0.4) is 0 Å². The summed E-state index contributed by atoms with van der Waals surface area (Å²) >= 11 is 0. The number of nitrogens with two attached hydrogens (primary N) is 2.